The summed E-state index contributed by atoms with van der Waals surface area (Å²) in [5.74, 6) is 0.630. The van der Waals surface area contributed by atoms with Crippen molar-refractivity contribution >= 4 is 17.3 Å². The van der Waals surface area contributed by atoms with Gasteiger partial charge in [0, 0.05) is 39.3 Å². The molecular formula is C17H27N3S. The Balaban J connectivity index is 1.76. The molecule has 0 atom stereocenters. The van der Waals surface area contributed by atoms with Gasteiger partial charge >= 0.3 is 0 Å². The Labute approximate surface area is 134 Å². The van der Waals surface area contributed by atoms with Crippen molar-refractivity contribution in [2.24, 2.45) is 5.92 Å². The van der Waals surface area contributed by atoms with E-state index in [4.69, 9.17) is 12.2 Å². The minimum Gasteiger partial charge on any atom is -0.362 e. The van der Waals surface area contributed by atoms with Crippen LogP contribution in [0.15, 0.2) is 24.3 Å². The van der Waals surface area contributed by atoms with Gasteiger partial charge in [0.25, 0.3) is 0 Å². The van der Waals surface area contributed by atoms with Crippen molar-refractivity contribution in [2.75, 3.05) is 32.7 Å². The van der Waals surface area contributed by atoms with Crippen molar-refractivity contribution in [1.29, 1.82) is 0 Å². The minimum absolute atomic E-state index is 0.630. The summed E-state index contributed by atoms with van der Waals surface area (Å²) in [6.45, 7) is 12.8. The monoisotopic (exact) mass is 305 g/mol. The second-order valence-corrected chi connectivity index (χ2v) is 6.72. The van der Waals surface area contributed by atoms with Crippen LogP contribution in [0.2, 0.25) is 0 Å². The molecule has 3 nitrogen and oxygen atoms in total. The van der Waals surface area contributed by atoms with Crippen LogP contribution < -0.4 is 5.32 Å². The lowest BCUT2D eigenvalue weighted by Gasteiger charge is -2.36. The van der Waals surface area contributed by atoms with Crippen molar-refractivity contribution in [1.82, 2.24) is 15.1 Å². The fourth-order valence-electron chi connectivity index (χ4n) is 2.58. The van der Waals surface area contributed by atoms with Gasteiger partial charge in [0.05, 0.1) is 0 Å². The van der Waals surface area contributed by atoms with Gasteiger partial charge in [0.1, 0.15) is 0 Å². The van der Waals surface area contributed by atoms with Crippen LogP contribution in [0.3, 0.4) is 0 Å². The number of nitrogens with zero attached hydrogens (tertiary/aromatic N) is 2. The number of piperazine rings is 1. The maximum Gasteiger partial charge on any atom is 0.169 e. The first-order chi connectivity index (χ1) is 10.0. The van der Waals surface area contributed by atoms with Gasteiger partial charge in [-0.3, -0.25) is 4.90 Å². The molecule has 1 saturated heterocycles. The quantitative estimate of drug-likeness (QED) is 0.862. The second kappa shape index (κ2) is 7.76. The van der Waals surface area contributed by atoms with Crippen molar-refractivity contribution in [2.45, 2.75) is 27.3 Å². The molecule has 116 valence electrons. The maximum absolute atomic E-state index is 5.47. The van der Waals surface area contributed by atoms with E-state index in [9.17, 15) is 0 Å². The molecule has 0 unspecified atom stereocenters. The Bertz CT molecular complexity index is 465. The van der Waals surface area contributed by atoms with Gasteiger partial charge in [-0.1, -0.05) is 43.7 Å². The number of rotatable bonds is 4. The van der Waals surface area contributed by atoms with Crippen LogP contribution in [0.25, 0.3) is 0 Å². The molecule has 1 aromatic carbocycles. The van der Waals surface area contributed by atoms with E-state index in [0.29, 0.717) is 5.92 Å². The predicted octanol–water partition coefficient (Wildman–Crippen LogP) is 2.64. The van der Waals surface area contributed by atoms with Crippen molar-refractivity contribution in [3.63, 3.8) is 0 Å². The highest BCUT2D eigenvalue weighted by molar-refractivity contribution is 7.80. The summed E-state index contributed by atoms with van der Waals surface area (Å²) >= 11 is 5.47. The SMILES string of the molecule is Cc1cccc(CN2CCN(C(=S)NCC(C)C)CC2)c1. The van der Waals surface area contributed by atoms with Crippen LogP contribution in [0.1, 0.15) is 25.0 Å². The number of aryl methyl sites for hydroxylation is 1. The average molecular weight is 305 g/mol. The first kappa shape index (κ1) is 16.2. The molecule has 0 saturated carbocycles. The van der Waals surface area contributed by atoms with Gasteiger partial charge < -0.3 is 10.2 Å². The van der Waals surface area contributed by atoms with E-state index in [-0.39, 0.29) is 0 Å². The van der Waals surface area contributed by atoms with Crippen LogP contribution >= 0.6 is 12.2 Å². The van der Waals surface area contributed by atoms with E-state index < -0.39 is 0 Å². The van der Waals surface area contributed by atoms with Gasteiger partial charge in [-0.15, -0.1) is 0 Å². The highest BCUT2D eigenvalue weighted by Crippen LogP contribution is 2.10. The first-order valence-corrected chi connectivity index (χ1v) is 8.26. The Morgan fingerprint density at radius 2 is 1.95 bits per heavy atom. The average Bonchev–Trinajstić information content (AvgIpc) is 2.45. The lowest BCUT2D eigenvalue weighted by atomic mass is 10.1. The zero-order valence-electron chi connectivity index (χ0n) is 13.4. The summed E-state index contributed by atoms with van der Waals surface area (Å²) in [7, 11) is 0. The molecule has 0 aromatic heterocycles. The number of nitrogens with one attached hydrogen (secondary N) is 1. The second-order valence-electron chi connectivity index (χ2n) is 6.33. The largest absolute Gasteiger partial charge is 0.362 e. The highest BCUT2D eigenvalue weighted by atomic mass is 32.1. The smallest absolute Gasteiger partial charge is 0.169 e. The van der Waals surface area contributed by atoms with Crippen molar-refractivity contribution in [3.8, 4) is 0 Å². The molecular weight excluding hydrogens is 278 g/mol. The predicted molar refractivity (Wildman–Crippen MR) is 93.5 cm³/mol. The zero-order valence-corrected chi connectivity index (χ0v) is 14.2. The molecule has 0 spiro atoms. The molecule has 0 bridgehead atoms. The van der Waals surface area contributed by atoms with Crippen LogP contribution in [0.5, 0.6) is 0 Å². The Morgan fingerprint density at radius 3 is 2.57 bits per heavy atom. The molecule has 1 aromatic rings. The van der Waals surface area contributed by atoms with Gasteiger partial charge in [0.15, 0.2) is 5.11 Å². The molecule has 0 amide bonds. The molecule has 21 heavy (non-hydrogen) atoms. The van der Waals surface area contributed by atoms with Crippen LogP contribution in [0, 0.1) is 12.8 Å². The lowest BCUT2D eigenvalue weighted by Crippen LogP contribution is -2.51. The number of hydrogen-bond acceptors (Lipinski definition) is 2. The molecule has 0 radical (unpaired) electrons. The Morgan fingerprint density at radius 1 is 1.24 bits per heavy atom. The van der Waals surface area contributed by atoms with E-state index in [1.165, 1.54) is 11.1 Å². The molecule has 1 fully saturated rings. The van der Waals surface area contributed by atoms with E-state index in [2.05, 4.69) is 60.2 Å². The molecule has 1 N–H and O–H groups in total. The molecule has 1 aliphatic rings. The maximum atomic E-state index is 5.47. The van der Waals surface area contributed by atoms with E-state index >= 15 is 0 Å². The molecule has 1 heterocycles. The molecule has 0 aliphatic carbocycles. The van der Waals surface area contributed by atoms with Crippen LogP contribution in [-0.2, 0) is 6.54 Å². The van der Waals surface area contributed by atoms with Gasteiger partial charge in [-0.25, -0.2) is 0 Å². The number of benzene rings is 1. The lowest BCUT2D eigenvalue weighted by molar-refractivity contribution is 0.174. The number of thiocarbonyl (C=S) groups is 1. The van der Waals surface area contributed by atoms with Gasteiger partial charge in [0.2, 0.25) is 0 Å². The summed E-state index contributed by atoms with van der Waals surface area (Å²) < 4.78 is 0. The fraction of sp³-hybridized carbons (Fsp3) is 0.588. The summed E-state index contributed by atoms with van der Waals surface area (Å²) in [4.78, 5) is 4.81. The van der Waals surface area contributed by atoms with Crippen LogP contribution in [0.4, 0.5) is 0 Å². The van der Waals surface area contributed by atoms with E-state index in [1.807, 2.05) is 0 Å². The van der Waals surface area contributed by atoms with E-state index in [0.717, 1.165) is 44.4 Å². The normalized spacial score (nSPS) is 16.3. The summed E-state index contributed by atoms with van der Waals surface area (Å²) in [6.07, 6.45) is 0. The highest BCUT2D eigenvalue weighted by Gasteiger charge is 2.18. The van der Waals surface area contributed by atoms with Gasteiger partial charge in [-0.2, -0.15) is 0 Å². The molecule has 2 rings (SSSR count). The van der Waals surface area contributed by atoms with Gasteiger partial charge in [-0.05, 0) is 30.6 Å². The molecule has 4 heteroatoms. The fourth-order valence-corrected chi connectivity index (χ4v) is 2.85. The zero-order chi connectivity index (χ0) is 15.2. The Hall–Kier alpha value is -1.13. The van der Waals surface area contributed by atoms with E-state index in [1.54, 1.807) is 0 Å². The van der Waals surface area contributed by atoms with Crippen molar-refractivity contribution in [3.05, 3.63) is 35.4 Å². The van der Waals surface area contributed by atoms with Crippen LogP contribution in [-0.4, -0.2) is 47.6 Å². The Kier molecular flexibility index (Phi) is 6.00. The summed E-state index contributed by atoms with van der Waals surface area (Å²) in [5, 5.41) is 4.28. The first-order valence-electron chi connectivity index (χ1n) is 7.85. The van der Waals surface area contributed by atoms with Crippen molar-refractivity contribution < 1.29 is 0 Å². The third-order valence-electron chi connectivity index (χ3n) is 3.81. The molecule has 1 aliphatic heterocycles. The third kappa shape index (κ3) is 5.29. The summed E-state index contributed by atoms with van der Waals surface area (Å²) in [6, 6.07) is 8.79. The third-order valence-corrected chi connectivity index (χ3v) is 4.21. The number of hydrogen-bond donors (Lipinski definition) is 1. The topological polar surface area (TPSA) is 18.5 Å². The minimum atomic E-state index is 0.630. The standard InChI is InChI=1S/C17H27N3S/c1-14(2)12-18-17(21)20-9-7-19(8-10-20)13-16-6-4-5-15(3)11-16/h4-6,11,14H,7-10,12-13H2,1-3H3,(H,18,21). The summed E-state index contributed by atoms with van der Waals surface area (Å²) in [5.41, 5.74) is 2.74.